The van der Waals surface area contributed by atoms with Crippen LogP contribution in [0.4, 0.5) is 0 Å². The van der Waals surface area contributed by atoms with Crippen LogP contribution in [0.3, 0.4) is 0 Å². The van der Waals surface area contributed by atoms with Gasteiger partial charge in [0.1, 0.15) is 12.4 Å². The lowest BCUT2D eigenvalue weighted by Gasteiger charge is -2.13. The Morgan fingerprint density at radius 2 is 1.74 bits per heavy atom. The van der Waals surface area contributed by atoms with Gasteiger partial charge in [-0.3, -0.25) is 4.79 Å². The molecule has 0 bridgehead atoms. The molecule has 0 aliphatic rings. The second-order valence-corrected chi connectivity index (χ2v) is 7.14. The SMILES string of the molecule is COc1ccc(C(=O)N/N=C/c2cc(Cl)c(OCc3ccc(C)cc3)c(OC)c2)cc1. The number of hydrogen-bond acceptors (Lipinski definition) is 5. The number of ether oxygens (including phenoxy) is 3. The van der Waals surface area contributed by atoms with Crippen LogP contribution in [-0.2, 0) is 6.61 Å². The summed E-state index contributed by atoms with van der Waals surface area (Å²) in [4.78, 5) is 12.2. The summed E-state index contributed by atoms with van der Waals surface area (Å²) in [7, 11) is 3.11. The van der Waals surface area contributed by atoms with E-state index in [2.05, 4.69) is 10.5 Å². The average Bonchev–Trinajstić information content (AvgIpc) is 2.79. The lowest BCUT2D eigenvalue weighted by atomic mass is 10.1. The number of methoxy groups -OCH3 is 2. The highest BCUT2D eigenvalue weighted by atomic mass is 35.5. The van der Waals surface area contributed by atoms with Gasteiger partial charge in [-0.2, -0.15) is 5.10 Å². The maximum atomic E-state index is 12.2. The van der Waals surface area contributed by atoms with Crippen molar-refractivity contribution in [2.24, 2.45) is 5.10 Å². The second kappa shape index (κ2) is 10.5. The molecule has 1 N–H and O–H groups in total. The van der Waals surface area contributed by atoms with Crippen LogP contribution in [0, 0.1) is 6.92 Å². The van der Waals surface area contributed by atoms with E-state index in [0.29, 0.717) is 40.0 Å². The van der Waals surface area contributed by atoms with Crippen LogP contribution in [-0.4, -0.2) is 26.3 Å². The molecule has 3 aromatic rings. The largest absolute Gasteiger partial charge is 0.497 e. The van der Waals surface area contributed by atoms with Crippen LogP contribution >= 0.6 is 11.6 Å². The van der Waals surface area contributed by atoms with Crippen molar-refractivity contribution in [3.05, 3.63) is 87.9 Å². The zero-order chi connectivity index (χ0) is 22.2. The molecule has 0 aliphatic heterocycles. The first-order chi connectivity index (χ1) is 15.0. The molecule has 160 valence electrons. The van der Waals surface area contributed by atoms with Crippen LogP contribution in [0.2, 0.25) is 5.02 Å². The minimum atomic E-state index is -0.338. The number of aryl methyl sites for hydroxylation is 1. The van der Waals surface area contributed by atoms with Crippen LogP contribution in [0.1, 0.15) is 27.0 Å². The van der Waals surface area contributed by atoms with Crippen LogP contribution in [0.25, 0.3) is 0 Å². The van der Waals surface area contributed by atoms with Crippen molar-refractivity contribution in [2.45, 2.75) is 13.5 Å². The van der Waals surface area contributed by atoms with Gasteiger partial charge >= 0.3 is 0 Å². The topological polar surface area (TPSA) is 69.2 Å². The molecule has 3 rings (SSSR count). The Morgan fingerprint density at radius 1 is 1.03 bits per heavy atom. The third kappa shape index (κ3) is 5.99. The van der Waals surface area contributed by atoms with Gasteiger partial charge in [0, 0.05) is 5.56 Å². The van der Waals surface area contributed by atoms with E-state index < -0.39 is 0 Å². The van der Waals surface area contributed by atoms with Gasteiger partial charge in [-0.15, -0.1) is 0 Å². The van der Waals surface area contributed by atoms with E-state index >= 15 is 0 Å². The number of nitrogens with zero attached hydrogens (tertiary/aromatic N) is 1. The lowest BCUT2D eigenvalue weighted by molar-refractivity contribution is 0.0955. The first-order valence-electron chi connectivity index (χ1n) is 9.53. The van der Waals surface area contributed by atoms with Gasteiger partial charge in [0.25, 0.3) is 5.91 Å². The van der Waals surface area contributed by atoms with E-state index in [0.717, 1.165) is 5.56 Å². The number of halogens is 1. The van der Waals surface area contributed by atoms with E-state index in [1.165, 1.54) is 18.9 Å². The molecule has 7 heteroatoms. The number of carbonyl (C=O) groups excluding carboxylic acids is 1. The standard InChI is InChI=1S/C24H23ClN2O4/c1-16-4-6-17(7-5-16)15-31-23-21(25)12-18(13-22(23)30-3)14-26-27-24(28)19-8-10-20(29-2)11-9-19/h4-14H,15H2,1-3H3,(H,27,28)/b26-14+. The van der Waals surface area contributed by atoms with Crippen molar-refractivity contribution in [2.75, 3.05) is 14.2 Å². The molecule has 0 aliphatic carbocycles. The number of carbonyl (C=O) groups is 1. The van der Waals surface area contributed by atoms with E-state index in [1.54, 1.807) is 43.5 Å². The Labute approximate surface area is 186 Å². The maximum Gasteiger partial charge on any atom is 0.271 e. The number of hydrogen-bond donors (Lipinski definition) is 1. The Balaban J connectivity index is 1.66. The maximum absolute atomic E-state index is 12.2. The van der Waals surface area contributed by atoms with Gasteiger partial charge in [-0.25, -0.2) is 5.43 Å². The van der Waals surface area contributed by atoms with Crippen molar-refractivity contribution in [3.63, 3.8) is 0 Å². The first kappa shape index (κ1) is 22.2. The Hall–Kier alpha value is -3.51. The first-order valence-corrected chi connectivity index (χ1v) is 9.91. The Bertz CT molecular complexity index is 1060. The van der Waals surface area contributed by atoms with Crippen molar-refractivity contribution < 1.29 is 19.0 Å². The fourth-order valence-corrected chi connectivity index (χ4v) is 3.04. The van der Waals surface area contributed by atoms with E-state index in [1.807, 2.05) is 31.2 Å². The monoisotopic (exact) mass is 438 g/mol. The quantitative estimate of drug-likeness (QED) is 0.396. The molecule has 0 saturated heterocycles. The van der Waals surface area contributed by atoms with Gasteiger partial charge in [0.2, 0.25) is 0 Å². The van der Waals surface area contributed by atoms with E-state index in [-0.39, 0.29) is 5.91 Å². The highest BCUT2D eigenvalue weighted by Crippen LogP contribution is 2.36. The molecule has 0 spiro atoms. The molecular weight excluding hydrogens is 416 g/mol. The predicted molar refractivity (Wildman–Crippen MR) is 122 cm³/mol. The third-order valence-electron chi connectivity index (χ3n) is 4.49. The summed E-state index contributed by atoms with van der Waals surface area (Å²) in [6.07, 6.45) is 1.49. The highest BCUT2D eigenvalue weighted by Gasteiger charge is 2.12. The number of hydrazone groups is 1. The number of benzene rings is 3. The number of rotatable bonds is 8. The second-order valence-electron chi connectivity index (χ2n) is 6.74. The predicted octanol–water partition coefficient (Wildman–Crippen LogP) is 5.01. The average molecular weight is 439 g/mol. The molecule has 0 aromatic heterocycles. The normalized spacial score (nSPS) is 10.7. The molecule has 0 unspecified atom stereocenters. The summed E-state index contributed by atoms with van der Waals surface area (Å²) in [5, 5.41) is 4.38. The van der Waals surface area contributed by atoms with Crippen molar-refractivity contribution in [1.29, 1.82) is 0 Å². The fraction of sp³-hybridized carbons (Fsp3) is 0.167. The van der Waals surface area contributed by atoms with Gasteiger partial charge in [-0.05, 0) is 54.4 Å². The molecule has 6 nitrogen and oxygen atoms in total. The molecule has 0 radical (unpaired) electrons. The zero-order valence-corrected chi connectivity index (χ0v) is 18.3. The van der Waals surface area contributed by atoms with Crippen molar-refractivity contribution in [3.8, 4) is 17.2 Å². The smallest absolute Gasteiger partial charge is 0.271 e. The molecule has 3 aromatic carbocycles. The molecule has 1 amide bonds. The molecule has 0 heterocycles. The zero-order valence-electron chi connectivity index (χ0n) is 17.5. The van der Waals surface area contributed by atoms with Crippen LogP contribution < -0.4 is 19.6 Å². The molecule has 0 atom stereocenters. The van der Waals surface area contributed by atoms with Crippen LogP contribution in [0.15, 0.2) is 65.8 Å². The van der Waals surface area contributed by atoms with Gasteiger partial charge in [-0.1, -0.05) is 41.4 Å². The van der Waals surface area contributed by atoms with Crippen molar-refractivity contribution in [1.82, 2.24) is 5.43 Å². The van der Waals surface area contributed by atoms with Crippen molar-refractivity contribution >= 4 is 23.7 Å². The minimum Gasteiger partial charge on any atom is -0.497 e. The molecule has 0 fully saturated rings. The van der Waals surface area contributed by atoms with Gasteiger partial charge in [0.15, 0.2) is 11.5 Å². The Morgan fingerprint density at radius 3 is 2.39 bits per heavy atom. The lowest BCUT2D eigenvalue weighted by Crippen LogP contribution is -2.17. The van der Waals surface area contributed by atoms with Crippen LogP contribution in [0.5, 0.6) is 17.2 Å². The van der Waals surface area contributed by atoms with Gasteiger partial charge in [0.05, 0.1) is 25.5 Å². The third-order valence-corrected chi connectivity index (χ3v) is 4.77. The summed E-state index contributed by atoms with van der Waals surface area (Å²) in [6.45, 7) is 2.39. The van der Waals surface area contributed by atoms with E-state index in [9.17, 15) is 4.79 Å². The number of nitrogens with one attached hydrogen (secondary N) is 1. The highest BCUT2D eigenvalue weighted by molar-refractivity contribution is 6.32. The van der Waals surface area contributed by atoms with Gasteiger partial charge < -0.3 is 14.2 Å². The van der Waals surface area contributed by atoms with E-state index in [4.69, 9.17) is 25.8 Å². The molecule has 31 heavy (non-hydrogen) atoms. The molecule has 0 saturated carbocycles. The summed E-state index contributed by atoms with van der Waals surface area (Å²) >= 11 is 6.40. The summed E-state index contributed by atoms with van der Waals surface area (Å²) < 4.78 is 16.4. The number of amides is 1. The fourth-order valence-electron chi connectivity index (χ4n) is 2.77. The molecular formula is C24H23ClN2O4. The summed E-state index contributed by atoms with van der Waals surface area (Å²) in [6, 6.07) is 18.2. The minimum absolute atomic E-state index is 0.338. The summed E-state index contributed by atoms with van der Waals surface area (Å²) in [5.74, 6) is 1.26. The summed E-state index contributed by atoms with van der Waals surface area (Å²) in [5.41, 5.74) is 5.81. The Kier molecular flexibility index (Phi) is 7.51.